The van der Waals surface area contributed by atoms with Crippen LogP contribution in [0.3, 0.4) is 0 Å². The molecule has 8 nitrogen and oxygen atoms in total. The van der Waals surface area contributed by atoms with Gasteiger partial charge in [-0.25, -0.2) is 8.42 Å². The number of phenols is 1. The van der Waals surface area contributed by atoms with E-state index < -0.39 is 16.1 Å². The summed E-state index contributed by atoms with van der Waals surface area (Å²) in [6.45, 7) is 2.23. The fourth-order valence-electron chi connectivity index (χ4n) is 3.68. The first-order valence-corrected chi connectivity index (χ1v) is 13.1. The molecule has 5 N–H and O–H groups in total. The van der Waals surface area contributed by atoms with Gasteiger partial charge in [0.1, 0.15) is 5.75 Å². The van der Waals surface area contributed by atoms with Crippen molar-refractivity contribution in [1.29, 1.82) is 0 Å². The van der Waals surface area contributed by atoms with Crippen molar-refractivity contribution in [2.24, 2.45) is 0 Å². The molecule has 186 valence electrons. The maximum absolute atomic E-state index is 12.3. The van der Waals surface area contributed by atoms with Gasteiger partial charge in [-0.15, -0.1) is 0 Å². The second-order valence-electron chi connectivity index (χ2n) is 8.59. The predicted molar refractivity (Wildman–Crippen MR) is 138 cm³/mol. The Labute approximate surface area is 206 Å². The number of sulfonamides is 1. The predicted octanol–water partition coefficient (Wildman–Crippen LogP) is 3.20. The number of hydrogen-bond donors (Lipinski definition) is 5. The van der Waals surface area contributed by atoms with Gasteiger partial charge in [0, 0.05) is 18.3 Å². The molecule has 0 fully saturated rings. The first-order chi connectivity index (χ1) is 16.6. The summed E-state index contributed by atoms with van der Waals surface area (Å²) < 4.78 is 25.2. The van der Waals surface area contributed by atoms with E-state index >= 15 is 0 Å². The third-order valence-electron chi connectivity index (χ3n) is 5.32. The number of aromatic hydroxyl groups is 1. The Balaban J connectivity index is 1.53. The lowest BCUT2D eigenvalue weighted by molar-refractivity contribution is -0.115. The normalized spacial score (nSPS) is 13.1. The van der Waals surface area contributed by atoms with Crippen molar-refractivity contribution in [2.45, 2.75) is 31.9 Å². The number of anilines is 2. The number of amides is 1. The van der Waals surface area contributed by atoms with Gasteiger partial charge in [0.05, 0.1) is 24.5 Å². The average Bonchev–Trinajstić information content (AvgIpc) is 2.79. The van der Waals surface area contributed by atoms with E-state index in [0.29, 0.717) is 12.0 Å². The number of carbonyl (C=O) groups excluding carboxylic acids is 1. The van der Waals surface area contributed by atoms with Gasteiger partial charge in [-0.3, -0.25) is 9.52 Å². The smallest absolute Gasteiger partial charge is 0.229 e. The third-order valence-corrected chi connectivity index (χ3v) is 5.91. The molecule has 35 heavy (non-hydrogen) atoms. The van der Waals surface area contributed by atoms with Gasteiger partial charge in [0.2, 0.25) is 15.9 Å². The number of para-hydroxylation sites is 1. The quantitative estimate of drug-likeness (QED) is 0.259. The van der Waals surface area contributed by atoms with Crippen LogP contribution in [0.1, 0.15) is 29.7 Å². The van der Waals surface area contributed by atoms with E-state index in [1.807, 2.05) is 61.5 Å². The Morgan fingerprint density at radius 2 is 1.69 bits per heavy atom. The van der Waals surface area contributed by atoms with E-state index in [0.717, 1.165) is 23.1 Å². The zero-order valence-corrected chi connectivity index (χ0v) is 20.5. The SMILES string of the molecule is C[C@H](Cc1cccc(CC(=O)Nc2ccccc2)c1)NC[C@@H](O)c1ccc(O)c(NS(C)(=O)=O)c1. The molecule has 0 aromatic heterocycles. The molecule has 3 aromatic rings. The molecule has 0 radical (unpaired) electrons. The summed E-state index contributed by atoms with van der Waals surface area (Å²) in [5, 5.41) is 26.6. The van der Waals surface area contributed by atoms with Gasteiger partial charge in [0.25, 0.3) is 0 Å². The fourth-order valence-corrected chi connectivity index (χ4v) is 4.24. The number of hydrogen-bond acceptors (Lipinski definition) is 6. The Bertz CT molecular complexity index is 1250. The van der Waals surface area contributed by atoms with E-state index in [1.165, 1.54) is 12.1 Å². The van der Waals surface area contributed by atoms with Crippen molar-refractivity contribution in [3.8, 4) is 5.75 Å². The highest BCUT2D eigenvalue weighted by molar-refractivity contribution is 7.92. The topological polar surface area (TPSA) is 128 Å². The van der Waals surface area contributed by atoms with Crippen LogP contribution in [0, 0.1) is 0 Å². The van der Waals surface area contributed by atoms with Crippen molar-refractivity contribution < 1.29 is 23.4 Å². The molecular weight excluding hydrogens is 466 g/mol. The van der Waals surface area contributed by atoms with Gasteiger partial charge in [-0.2, -0.15) is 0 Å². The molecular formula is C26H31N3O5S. The summed E-state index contributed by atoms with van der Waals surface area (Å²) in [6.07, 6.45) is 1.06. The van der Waals surface area contributed by atoms with Gasteiger partial charge in [0.15, 0.2) is 0 Å². The summed E-state index contributed by atoms with van der Waals surface area (Å²) in [7, 11) is -3.56. The van der Waals surface area contributed by atoms with E-state index in [2.05, 4.69) is 15.4 Å². The number of carbonyl (C=O) groups is 1. The second-order valence-corrected chi connectivity index (χ2v) is 10.3. The van der Waals surface area contributed by atoms with E-state index in [-0.39, 0.29) is 36.4 Å². The second kappa shape index (κ2) is 11.8. The average molecular weight is 498 g/mol. The van der Waals surface area contributed by atoms with Crippen LogP contribution in [0.2, 0.25) is 0 Å². The van der Waals surface area contributed by atoms with Crippen LogP contribution in [0.4, 0.5) is 11.4 Å². The minimum Gasteiger partial charge on any atom is -0.506 e. The highest BCUT2D eigenvalue weighted by Gasteiger charge is 2.14. The standard InChI is InChI=1S/C26H31N3O5S/c1-18(27-17-25(31)21-11-12-24(30)23(16-21)29-35(2,33)34)13-19-7-6-8-20(14-19)15-26(32)28-22-9-4-3-5-10-22/h3-12,14,16,18,25,27,29-31H,13,15,17H2,1-2H3,(H,28,32)/t18-,25-/m1/s1. The number of phenolic OH excluding ortho intramolecular Hbond substituents is 1. The van der Waals surface area contributed by atoms with Gasteiger partial charge < -0.3 is 20.8 Å². The zero-order valence-electron chi connectivity index (χ0n) is 19.7. The summed E-state index contributed by atoms with van der Waals surface area (Å²) >= 11 is 0. The van der Waals surface area contributed by atoms with Gasteiger partial charge in [-0.05, 0) is 54.3 Å². The summed E-state index contributed by atoms with van der Waals surface area (Å²) in [6, 6.07) is 21.5. The monoisotopic (exact) mass is 497 g/mol. The highest BCUT2D eigenvalue weighted by Crippen LogP contribution is 2.27. The number of benzene rings is 3. The number of nitrogens with one attached hydrogen (secondary N) is 3. The Morgan fingerprint density at radius 3 is 2.40 bits per heavy atom. The van der Waals surface area contributed by atoms with Gasteiger partial charge in [-0.1, -0.05) is 48.5 Å². The van der Waals surface area contributed by atoms with Crippen LogP contribution in [0.25, 0.3) is 0 Å². The molecule has 3 rings (SSSR count). The molecule has 2 atom stereocenters. The maximum atomic E-state index is 12.3. The van der Waals surface area contributed by atoms with Crippen molar-refractivity contribution in [3.05, 3.63) is 89.5 Å². The van der Waals surface area contributed by atoms with E-state index in [9.17, 15) is 23.4 Å². The van der Waals surface area contributed by atoms with Crippen molar-refractivity contribution in [3.63, 3.8) is 0 Å². The summed E-state index contributed by atoms with van der Waals surface area (Å²) in [4.78, 5) is 12.3. The first-order valence-electron chi connectivity index (χ1n) is 11.2. The van der Waals surface area contributed by atoms with Crippen LogP contribution in [-0.4, -0.2) is 43.4 Å². The molecule has 9 heteroatoms. The Morgan fingerprint density at radius 1 is 0.971 bits per heavy atom. The lowest BCUT2D eigenvalue weighted by Crippen LogP contribution is -2.32. The van der Waals surface area contributed by atoms with E-state index in [4.69, 9.17) is 0 Å². The molecule has 0 heterocycles. The molecule has 0 bridgehead atoms. The van der Waals surface area contributed by atoms with Crippen molar-refractivity contribution in [1.82, 2.24) is 5.32 Å². The third kappa shape index (κ3) is 8.71. The first kappa shape index (κ1) is 26.2. The van der Waals surface area contributed by atoms with Crippen molar-refractivity contribution in [2.75, 3.05) is 22.8 Å². The molecule has 1 amide bonds. The lowest BCUT2D eigenvalue weighted by Gasteiger charge is -2.19. The van der Waals surface area contributed by atoms with Crippen LogP contribution in [0.15, 0.2) is 72.8 Å². The van der Waals surface area contributed by atoms with E-state index in [1.54, 1.807) is 6.07 Å². The number of aliphatic hydroxyl groups is 1. The summed E-state index contributed by atoms with van der Waals surface area (Å²) in [5.74, 6) is -0.300. The molecule has 0 saturated heterocycles. The number of aliphatic hydroxyl groups excluding tert-OH is 1. The molecule has 0 spiro atoms. The molecule has 3 aromatic carbocycles. The Kier molecular flexibility index (Phi) is 8.86. The largest absolute Gasteiger partial charge is 0.506 e. The fraction of sp³-hybridized carbons (Fsp3) is 0.269. The van der Waals surface area contributed by atoms with Crippen LogP contribution >= 0.6 is 0 Å². The summed E-state index contributed by atoms with van der Waals surface area (Å²) in [5.41, 5.74) is 3.23. The van der Waals surface area contributed by atoms with Crippen molar-refractivity contribution >= 4 is 27.3 Å². The molecule has 0 saturated carbocycles. The van der Waals surface area contributed by atoms with Gasteiger partial charge >= 0.3 is 0 Å². The molecule has 0 unspecified atom stereocenters. The Hall–Kier alpha value is -3.40. The highest BCUT2D eigenvalue weighted by atomic mass is 32.2. The van der Waals surface area contributed by atoms with Crippen LogP contribution < -0.4 is 15.4 Å². The van der Waals surface area contributed by atoms with Crippen LogP contribution in [-0.2, 0) is 27.7 Å². The minimum atomic E-state index is -3.56. The minimum absolute atomic E-state index is 0.0187. The lowest BCUT2D eigenvalue weighted by atomic mass is 10.0. The molecule has 0 aliphatic carbocycles. The zero-order chi connectivity index (χ0) is 25.4. The maximum Gasteiger partial charge on any atom is 0.229 e. The molecule has 0 aliphatic heterocycles. The number of rotatable bonds is 11. The van der Waals surface area contributed by atoms with Crippen LogP contribution in [0.5, 0.6) is 5.75 Å². The molecule has 0 aliphatic rings.